The van der Waals surface area contributed by atoms with E-state index in [0.717, 1.165) is 11.3 Å². The summed E-state index contributed by atoms with van der Waals surface area (Å²) in [6, 6.07) is 5.11. The van der Waals surface area contributed by atoms with Crippen molar-refractivity contribution in [3.63, 3.8) is 0 Å². The molecule has 16 heavy (non-hydrogen) atoms. The van der Waals surface area contributed by atoms with Crippen molar-refractivity contribution in [3.05, 3.63) is 57.5 Å². The minimum atomic E-state index is -0.176. The SMILES string of the molecule is Cc1cccnc1Cn1cnc(Cl)cc1=O. The second kappa shape index (κ2) is 4.45. The Hall–Kier alpha value is -1.68. The summed E-state index contributed by atoms with van der Waals surface area (Å²) < 4.78 is 1.47. The summed E-state index contributed by atoms with van der Waals surface area (Å²) in [6.07, 6.45) is 3.13. The van der Waals surface area contributed by atoms with Gasteiger partial charge in [-0.2, -0.15) is 0 Å². The third kappa shape index (κ3) is 2.28. The maximum Gasteiger partial charge on any atom is 0.255 e. The van der Waals surface area contributed by atoms with Crippen molar-refractivity contribution in [2.24, 2.45) is 0 Å². The van der Waals surface area contributed by atoms with Crippen molar-refractivity contribution in [2.75, 3.05) is 0 Å². The van der Waals surface area contributed by atoms with Gasteiger partial charge in [0.2, 0.25) is 0 Å². The van der Waals surface area contributed by atoms with E-state index >= 15 is 0 Å². The third-order valence-corrected chi connectivity index (χ3v) is 2.49. The zero-order valence-electron chi connectivity index (χ0n) is 8.72. The minimum absolute atomic E-state index is 0.176. The van der Waals surface area contributed by atoms with E-state index in [-0.39, 0.29) is 10.7 Å². The van der Waals surface area contributed by atoms with E-state index in [1.807, 2.05) is 19.1 Å². The summed E-state index contributed by atoms with van der Waals surface area (Å²) in [6.45, 7) is 2.37. The van der Waals surface area contributed by atoms with Crippen LogP contribution in [0.3, 0.4) is 0 Å². The van der Waals surface area contributed by atoms with Crippen LogP contribution in [0.25, 0.3) is 0 Å². The molecule has 0 aliphatic heterocycles. The highest BCUT2D eigenvalue weighted by molar-refractivity contribution is 6.29. The van der Waals surface area contributed by atoms with Crippen LogP contribution >= 0.6 is 11.6 Å². The molecule has 4 nitrogen and oxygen atoms in total. The number of hydrogen-bond acceptors (Lipinski definition) is 3. The van der Waals surface area contributed by atoms with Crippen molar-refractivity contribution >= 4 is 11.6 Å². The average Bonchev–Trinajstić information content (AvgIpc) is 2.25. The van der Waals surface area contributed by atoms with Crippen LogP contribution in [0, 0.1) is 6.92 Å². The molecule has 0 aromatic carbocycles. The molecule has 0 unspecified atom stereocenters. The maximum absolute atomic E-state index is 11.6. The Labute approximate surface area is 97.6 Å². The lowest BCUT2D eigenvalue weighted by Gasteiger charge is -2.06. The van der Waals surface area contributed by atoms with Crippen LogP contribution in [0.4, 0.5) is 0 Å². The van der Waals surface area contributed by atoms with Crippen LogP contribution in [-0.4, -0.2) is 14.5 Å². The highest BCUT2D eigenvalue weighted by Gasteiger charge is 2.02. The Kier molecular flexibility index (Phi) is 3.01. The van der Waals surface area contributed by atoms with E-state index in [1.54, 1.807) is 6.20 Å². The topological polar surface area (TPSA) is 47.8 Å². The number of halogens is 1. The molecule has 2 rings (SSSR count). The molecule has 0 aliphatic rings. The summed E-state index contributed by atoms with van der Waals surface area (Å²) in [5.74, 6) is 0. The monoisotopic (exact) mass is 235 g/mol. The molecule has 2 aromatic rings. The van der Waals surface area contributed by atoms with E-state index in [2.05, 4.69) is 9.97 Å². The van der Waals surface area contributed by atoms with Gasteiger partial charge < -0.3 is 0 Å². The lowest BCUT2D eigenvalue weighted by atomic mass is 10.2. The van der Waals surface area contributed by atoms with Crippen molar-refractivity contribution < 1.29 is 0 Å². The van der Waals surface area contributed by atoms with E-state index in [1.165, 1.54) is 17.0 Å². The molecule has 2 heterocycles. The van der Waals surface area contributed by atoms with Gasteiger partial charge in [-0.1, -0.05) is 17.7 Å². The molecule has 0 amide bonds. The van der Waals surface area contributed by atoms with Crippen LogP contribution in [0.1, 0.15) is 11.3 Å². The van der Waals surface area contributed by atoms with Crippen LogP contribution in [-0.2, 0) is 6.54 Å². The zero-order valence-corrected chi connectivity index (χ0v) is 9.48. The molecule has 0 spiro atoms. The Morgan fingerprint density at radius 1 is 1.44 bits per heavy atom. The molecule has 0 atom stereocenters. The summed E-state index contributed by atoms with van der Waals surface area (Å²) in [5, 5.41) is 0.207. The largest absolute Gasteiger partial charge is 0.293 e. The van der Waals surface area contributed by atoms with Gasteiger partial charge in [-0.3, -0.25) is 14.3 Å². The van der Waals surface area contributed by atoms with Crippen molar-refractivity contribution in [2.45, 2.75) is 13.5 Å². The number of rotatable bonds is 2. The Morgan fingerprint density at radius 2 is 2.25 bits per heavy atom. The Bertz CT molecular complexity index is 565. The lowest BCUT2D eigenvalue weighted by molar-refractivity contribution is 0.714. The van der Waals surface area contributed by atoms with Crippen LogP contribution in [0.2, 0.25) is 5.15 Å². The first-order chi connectivity index (χ1) is 7.66. The van der Waals surface area contributed by atoms with Gasteiger partial charge in [-0.05, 0) is 18.6 Å². The van der Waals surface area contributed by atoms with Crippen LogP contribution in [0.5, 0.6) is 0 Å². The summed E-state index contributed by atoms with van der Waals surface area (Å²) in [5.41, 5.74) is 1.73. The van der Waals surface area contributed by atoms with Crippen LogP contribution in [0.15, 0.2) is 35.5 Å². The second-order valence-corrected chi connectivity index (χ2v) is 3.83. The summed E-state index contributed by atoms with van der Waals surface area (Å²) in [7, 11) is 0. The second-order valence-electron chi connectivity index (χ2n) is 3.44. The molecule has 2 aromatic heterocycles. The molecule has 0 fully saturated rings. The van der Waals surface area contributed by atoms with Gasteiger partial charge in [0.25, 0.3) is 5.56 Å². The normalized spacial score (nSPS) is 10.4. The van der Waals surface area contributed by atoms with E-state index in [0.29, 0.717) is 6.54 Å². The van der Waals surface area contributed by atoms with Gasteiger partial charge in [0, 0.05) is 12.3 Å². The highest BCUT2D eigenvalue weighted by atomic mass is 35.5. The zero-order chi connectivity index (χ0) is 11.5. The minimum Gasteiger partial charge on any atom is -0.293 e. The Balaban J connectivity index is 2.35. The fourth-order valence-electron chi connectivity index (χ4n) is 1.37. The van der Waals surface area contributed by atoms with Gasteiger partial charge >= 0.3 is 0 Å². The molecule has 5 heteroatoms. The molecule has 0 saturated heterocycles. The Morgan fingerprint density at radius 3 is 2.94 bits per heavy atom. The molecule has 0 N–H and O–H groups in total. The first-order valence-corrected chi connectivity index (χ1v) is 5.17. The molecule has 82 valence electrons. The van der Waals surface area contributed by atoms with Gasteiger partial charge in [0.05, 0.1) is 18.6 Å². The number of hydrogen-bond donors (Lipinski definition) is 0. The summed E-state index contributed by atoms with van der Waals surface area (Å²) >= 11 is 5.61. The maximum atomic E-state index is 11.6. The molecular weight excluding hydrogens is 226 g/mol. The lowest BCUT2D eigenvalue weighted by Crippen LogP contribution is -2.20. The first kappa shape index (κ1) is 10.8. The highest BCUT2D eigenvalue weighted by Crippen LogP contribution is 2.04. The fourth-order valence-corrected chi connectivity index (χ4v) is 1.50. The number of aromatic nitrogens is 3. The molecular formula is C11H10ClN3O. The standard InChI is InChI=1S/C11H10ClN3O/c1-8-3-2-4-13-9(8)6-15-7-14-10(12)5-11(15)16/h2-5,7H,6H2,1H3. The van der Waals surface area contributed by atoms with E-state index in [4.69, 9.17) is 11.6 Å². The number of aryl methyl sites for hydroxylation is 1. The molecule has 0 aliphatic carbocycles. The molecule has 0 radical (unpaired) electrons. The first-order valence-electron chi connectivity index (χ1n) is 4.79. The van der Waals surface area contributed by atoms with Crippen molar-refractivity contribution in [3.8, 4) is 0 Å². The van der Waals surface area contributed by atoms with Gasteiger partial charge in [-0.15, -0.1) is 0 Å². The van der Waals surface area contributed by atoms with Gasteiger partial charge in [-0.25, -0.2) is 4.98 Å². The number of pyridine rings is 1. The quantitative estimate of drug-likeness (QED) is 0.744. The third-order valence-electron chi connectivity index (χ3n) is 2.28. The van der Waals surface area contributed by atoms with Crippen molar-refractivity contribution in [1.29, 1.82) is 0 Å². The predicted octanol–water partition coefficient (Wildman–Crippen LogP) is 1.65. The number of nitrogens with zero attached hydrogens (tertiary/aromatic N) is 3. The van der Waals surface area contributed by atoms with E-state index < -0.39 is 0 Å². The van der Waals surface area contributed by atoms with Crippen molar-refractivity contribution in [1.82, 2.24) is 14.5 Å². The predicted molar refractivity (Wildman–Crippen MR) is 61.6 cm³/mol. The molecule has 0 bridgehead atoms. The van der Waals surface area contributed by atoms with E-state index in [9.17, 15) is 4.79 Å². The van der Waals surface area contributed by atoms with Gasteiger partial charge in [0.1, 0.15) is 5.15 Å². The molecule has 0 saturated carbocycles. The average molecular weight is 236 g/mol. The summed E-state index contributed by atoms with van der Waals surface area (Å²) in [4.78, 5) is 19.6. The van der Waals surface area contributed by atoms with Crippen LogP contribution < -0.4 is 5.56 Å². The van der Waals surface area contributed by atoms with Gasteiger partial charge in [0.15, 0.2) is 0 Å². The smallest absolute Gasteiger partial charge is 0.255 e. The fraction of sp³-hybridized carbons (Fsp3) is 0.182.